The lowest BCUT2D eigenvalue weighted by atomic mass is 9.74. The predicted octanol–water partition coefficient (Wildman–Crippen LogP) is 3.45. The molecule has 0 aliphatic heterocycles. The standard InChI is InChI=1S/C16H32N2/c1-14-6-5-7-15(9-8-14)18-13-16(12-17)10-3-2-4-11-16/h14-15,18H,2-13,17H2,1H3. The Labute approximate surface area is 113 Å². The van der Waals surface area contributed by atoms with Crippen LogP contribution in [0.2, 0.25) is 0 Å². The third-order valence-electron chi connectivity index (χ3n) is 5.37. The van der Waals surface area contributed by atoms with Crippen molar-refractivity contribution in [3.63, 3.8) is 0 Å². The fourth-order valence-corrected chi connectivity index (χ4v) is 3.81. The summed E-state index contributed by atoms with van der Waals surface area (Å²) in [5, 5.41) is 3.86. The third-order valence-corrected chi connectivity index (χ3v) is 5.37. The van der Waals surface area contributed by atoms with E-state index in [9.17, 15) is 0 Å². The number of nitrogens with two attached hydrogens (primary N) is 1. The fraction of sp³-hybridized carbons (Fsp3) is 1.00. The monoisotopic (exact) mass is 252 g/mol. The molecule has 2 unspecified atom stereocenters. The lowest BCUT2D eigenvalue weighted by Crippen LogP contribution is -2.45. The van der Waals surface area contributed by atoms with Crippen LogP contribution in [0.3, 0.4) is 0 Å². The highest BCUT2D eigenvalue weighted by Crippen LogP contribution is 2.35. The van der Waals surface area contributed by atoms with Crippen molar-refractivity contribution in [1.82, 2.24) is 5.32 Å². The first-order valence-corrected chi connectivity index (χ1v) is 8.18. The molecular formula is C16H32N2. The summed E-state index contributed by atoms with van der Waals surface area (Å²) in [6.07, 6.45) is 13.9. The van der Waals surface area contributed by atoms with Crippen molar-refractivity contribution in [3.8, 4) is 0 Å². The van der Waals surface area contributed by atoms with Crippen LogP contribution >= 0.6 is 0 Å². The van der Waals surface area contributed by atoms with Crippen LogP contribution in [0.25, 0.3) is 0 Å². The highest BCUT2D eigenvalue weighted by Gasteiger charge is 2.31. The number of rotatable bonds is 4. The first-order chi connectivity index (χ1) is 8.74. The van der Waals surface area contributed by atoms with E-state index in [0.717, 1.165) is 18.5 Å². The second-order valence-electron chi connectivity index (χ2n) is 6.96. The van der Waals surface area contributed by atoms with Gasteiger partial charge in [-0.2, -0.15) is 0 Å². The largest absolute Gasteiger partial charge is 0.330 e. The molecule has 0 heterocycles. The van der Waals surface area contributed by atoms with Crippen LogP contribution in [-0.4, -0.2) is 19.1 Å². The van der Waals surface area contributed by atoms with E-state index in [-0.39, 0.29) is 0 Å². The molecule has 0 bridgehead atoms. The normalized spacial score (nSPS) is 33.0. The van der Waals surface area contributed by atoms with Crippen LogP contribution in [0.15, 0.2) is 0 Å². The van der Waals surface area contributed by atoms with Gasteiger partial charge in [-0.25, -0.2) is 0 Å². The lowest BCUT2D eigenvalue weighted by Gasteiger charge is -2.37. The van der Waals surface area contributed by atoms with Gasteiger partial charge in [0.2, 0.25) is 0 Å². The molecule has 0 spiro atoms. The summed E-state index contributed by atoms with van der Waals surface area (Å²) in [4.78, 5) is 0. The Morgan fingerprint density at radius 2 is 1.78 bits per heavy atom. The van der Waals surface area contributed by atoms with Crippen molar-refractivity contribution in [2.24, 2.45) is 17.1 Å². The predicted molar refractivity (Wildman–Crippen MR) is 78.6 cm³/mol. The van der Waals surface area contributed by atoms with Crippen molar-refractivity contribution in [2.75, 3.05) is 13.1 Å². The van der Waals surface area contributed by atoms with Crippen LogP contribution in [0, 0.1) is 11.3 Å². The molecule has 0 aromatic rings. The fourth-order valence-electron chi connectivity index (χ4n) is 3.81. The lowest BCUT2D eigenvalue weighted by molar-refractivity contribution is 0.182. The van der Waals surface area contributed by atoms with Crippen LogP contribution in [0.1, 0.15) is 71.1 Å². The summed E-state index contributed by atoms with van der Waals surface area (Å²) in [6, 6.07) is 0.764. The summed E-state index contributed by atoms with van der Waals surface area (Å²) in [6.45, 7) is 4.45. The van der Waals surface area contributed by atoms with E-state index in [2.05, 4.69) is 12.2 Å². The zero-order valence-electron chi connectivity index (χ0n) is 12.2. The van der Waals surface area contributed by atoms with E-state index in [1.807, 2.05) is 0 Å². The van der Waals surface area contributed by atoms with Gasteiger partial charge in [0.15, 0.2) is 0 Å². The molecule has 2 atom stereocenters. The van der Waals surface area contributed by atoms with Gasteiger partial charge < -0.3 is 11.1 Å². The highest BCUT2D eigenvalue weighted by molar-refractivity contribution is 4.87. The number of hydrogen-bond donors (Lipinski definition) is 2. The van der Waals surface area contributed by atoms with Gasteiger partial charge in [-0.1, -0.05) is 39.0 Å². The van der Waals surface area contributed by atoms with Gasteiger partial charge in [0.1, 0.15) is 0 Å². The molecular weight excluding hydrogens is 220 g/mol. The highest BCUT2D eigenvalue weighted by atomic mass is 14.9. The molecule has 2 fully saturated rings. The van der Waals surface area contributed by atoms with E-state index in [1.54, 1.807) is 0 Å². The number of hydrogen-bond acceptors (Lipinski definition) is 2. The molecule has 106 valence electrons. The van der Waals surface area contributed by atoms with Crippen molar-refractivity contribution >= 4 is 0 Å². The van der Waals surface area contributed by atoms with Crippen molar-refractivity contribution in [3.05, 3.63) is 0 Å². The Kier molecular flexibility index (Phi) is 5.50. The van der Waals surface area contributed by atoms with Gasteiger partial charge in [-0.3, -0.25) is 0 Å². The van der Waals surface area contributed by atoms with Crippen molar-refractivity contribution in [2.45, 2.75) is 77.2 Å². The van der Waals surface area contributed by atoms with Gasteiger partial charge in [-0.15, -0.1) is 0 Å². The molecule has 0 aromatic carbocycles. The van der Waals surface area contributed by atoms with Crippen molar-refractivity contribution in [1.29, 1.82) is 0 Å². The third kappa shape index (κ3) is 3.96. The van der Waals surface area contributed by atoms with Crippen LogP contribution in [0.5, 0.6) is 0 Å². The maximum absolute atomic E-state index is 6.07. The minimum atomic E-state index is 0.427. The summed E-state index contributed by atoms with van der Waals surface area (Å²) in [5.74, 6) is 0.940. The molecule has 2 rings (SSSR count). The second kappa shape index (κ2) is 6.91. The molecule has 2 saturated carbocycles. The molecule has 0 aromatic heterocycles. The first-order valence-electron chi connectivity index (χ1n) is 8.18. The van der Waals surface area contributed by atoms with E-state index in [0.29, 0.717) is 5.41 Å². The average molecular weight is 252 g/mol. The smallest absolute Gasteiger partial charge is 0.00674 e. The Hall–Kier alpha value is -0.0800. The summed E-state index contributed by atoms with van der Waals surface area (Å²) >= 11 is 0. The molecule has 0 amide bonds. The van der Waals surface area contributed by atoms with Gasteiger partial charge in [0.25, 0.3) is 0 Å². The molecule has 2 aliphatic carbocycles. The van der Waals surface area contributed by atoms with Crippen LogP contribution < -0.4 is 11.1 Å². The topological polar surface area (TPSA) is 38.0 Å². The van der Waals surface area contributed by atoms with Crippen molar-refractivity contribution < 1.29 is 0 Å². The summed E-state index contributed by atoms with van der Waals surface area (Å²) in [7, 11) is 0. The molecule has 0 saturated heterocycles. The quantitative estimate of drug-likeness (QED) is 0.752. The van der Waals surface area contributed by atoms with Gasteiger partial charge in [-0.05, 0) is 50.0 Å². The van der Waals surface area contributed by atoms with E-state index in [4.69, 9.17) is 5.73 Å². The zero-order chi connectivity index (χ0) is 12.8. The molecule has 18 heavy (non-hydrogen) atoms. The Bertz CT molecular complexity index is 233. The van der Waals surface area contributed by atoms with Gasteiger partial charge in [0, 0.05) is 12.6 Å². The Balaban J connectivity index is 1.78. The maximum Gasteiger partial charge on any atom is 0.00674 e. The van der Waals surface area contributed by atoms with E-state index >= 15 is 0 Å². The molecule has 2 aliphatic rings. The Morgan fingerprint density at radius 1 is 1.00 bits per heavy atom. The average Bonchev–Trinajstić information content (AvgIpc) is 2.62. The van der Waals surface area contributed by atoms with Gasteiger partial charge in [0.05, 0.1) is 0 Å². The van der Waals surface area contributed by atoms with Gasteiger partial charge >= 0.3 is 0 Å². The molecule has 2 heteroatoms. The Morgan fingerprint density at radius 3 is 2.50 bits per heavy atom. The maximum atomic E-state index is 6.07. The zero-order valence-corrected chi connectivity index (χ0v) is 12.2. The molecule has 0 radical (unpaired) electrons. The van der Waals surface area contributed by atoms with Crippen LogP contribution in [-0.2, 0) is 0 Å². The number of nitrogens with one attached hydrogen (secondary N) is 1. The minimum absolute atomic E-state index is 0.427. The summed E-state index contributed by atoms with van der Waals surface area (Å²) < 4.78 is 0. The van der Waals surface area contributed by atoms with Crippen LogP contribution in [0.4, 0.5) is 0 Å². The first kappa shape index (κ1) is 14.3. The van der Waals surface area contributed by atoms with E-state index < -0.39 is 0 Å². The summed E-state index contributed by atoms with van der Waals surface area (Å²) in [5.41, 5.74) is 6.49. The SMILES string of the molecule is CC1CCCC(NCC2(CN)CCCCC2)CC1. The second-order valence-corrected chi connectivity index (χ2v) is 6.96. The molecule has 3 N–H and O–H groups in total. The molecule has 2 nitrogen and oxygen atoms in total. The van der Waals surface area contributed by atoms with E-state index in [1.165, 1.54) is 70.8 Å². The minimum Gasteiger partial charge on any atom is -0.330 e.